The van der Waals surface area contributed by atoms with E-state index in [9.17, 15) is 9.90 Å². The molecule has 0 spiro atoms. The average Bonchev–Trinajstić information content (AvgIpc) is 2.47. The Morgan fingerprint density at radius 1 is 0.714 bits per heavy atom. The first-order valence-electron chi connectivity index (χ1n) is 9.07. The van der Waals surface area contributed by atoms with Crippen LogP contribution in [0.2, 0.25) is 0 Å². The molecule has 1 unspecified atom stereocenters. The summed E-state index contributed by atoms with van der Waals surface area (Å²) in [6.07, 6.45) is 16.7. The number of carbonyl (C=O) groups is 1. The van der Waals surface area contributed by atoms with Gasteiger partial charge in [-0.3, -0.25) is 0 Å². The van der Waals surface area contributed by atoms with Gasteiger partial charge in [0, 0.05) is 0 Å². The molecule has 21 heavy (non-hydrogen) atoms. The Balaban J connectivity index is 3.04. The molecule has 0 aliphatic heterocycles. The van der Waals surface area contributed by atoms with Gasteiger partial charge in [0.15, 0.2) is 6.10 Å². The van der Waals surface area contributed by atoms with Crippen LogP contribution in [0.15, 0.2) is 0 Å². The number of unbranched alkanes of at least 4 members (excludes halogenated alkanes) is 13. The highest BCUT2D eigenvalue weighted by atomic mass is 16.4. The van der Waals surface area contributed by atoms with Gasteiger partial charge in [0.05, 0.1) is 0 Å². The third-order valence-electron chi connectivity index (χ3n) is 4.10. The molecule has 0 aliphatic rings. The van der Waals surface area contributed by atoms with Crippen LogP contribution in [0, 0.1) is 0 Å². The van der Waals surface area contributed by atoms with Gasteiger partial charge < -0.3 is 5.11 Å². The van der Waals surface area contributed by atoms with Crippen molar-refractivity contribution in [3.05, 3.63) is 0 Å². The first-order chi connectivity index (χ1) is 10.2. The first kappa shape index (κ1) is 20.4. The molecule has 0 aromatic carbocycles. The van der Waals surface area contributed by atoms with Crippen LogP contribution in [0.5, 0.6) is 0 Å². The highest BCUT2D eigenvalue weighted by molar-refractivity contribution is 5.71. The summed E-state index contributed by atoms with van der Waals surface area (Å²) in [5.74, 6) is -1.20. The Morgan fingerprint density at radius 2 is 1.05 bits per heavy atom. The minimum absolute atomic E-state index is 0.285. The Kier molecular flexibility index (Phi) is 15.4. The smallest absolute Gasteiger partial charge is 0.336 e. The predicted molar refractivity (Wildman–Crippen MR) is 87.0 cm³/mol. The summed E-state index contributed by atoms with van der Waals surface area (Å²) in [5, 5.41) is 19.4. The van der Waals surface area contributed by atoms with Crippen LogP contribution in [0.3, 0.4) is 0 Å². The molecular formula is C18H35O3. The molecule has 0 aromatic heterocycles. The van der Waals surface area contributed by atoms with Crippen LogP contribution < -0.4 is 0 Å². The third kappa shape index (κ3) is 15.6. The van der Waals surface area contributed by atoms with Gasteiger partial charge in [-0.05, 0) is 6.42 Å². The van der Waals surface area contributed by atoms with E-state index in [-0.39, 0.29) is 6.42 Å². The molecule has 3 nitrogen and oxygen atoms in total. The maximum atomic E-state index is 10.9. The number of hydrogen-bond donors (Lipinski definition) is 1. The molecule has 0 amide bonds. The molecule has 0 aromatic rings. The van der Waals surface area contributed by atoms with Crippen LogP contribution in [0.1, 0.15) is 103 Å². The molecule has 0 saturated heterocycles. The minimum atomic E-state index is -1.41. The van der Waals surface area contributed by atoms with E-state index in [1.165, 1.54) is 70.6 Å². The van der Waals surface area contributed by atoms with E-state index in [4.69, 9.17) is 5.11 Å². The van der Waals surface area contributed by atoms with Gasteiger partial charge in [0.1, 0.15) is 0 Å². The van der Waals surface area contributed by atoms with E-state index in [0.717, 1.165) is 19.3 Å². The van der Waals surface area contributed by atoms with Crippen LogP contribution in [0.25, 0.3) is 0 Å². The van der Waals surface area contributed by atoms with E-state index in [1.807, 2.05) is 0 Å². The summed E-state index contributed by atoms with van der Waals surface area (Å²) in [4.78, 5) is 10.4. The number of carboxylic acid groups (broad SMARTS) is 1. The van der Waals surface area contributed by atoms with Crippen molar-refractivity contribution in [2.45, 2.75) is 109 Å². The quantitative estimate of drug-likeness (QED) is 0.369. The van der Waals surface area contributed by atoms with Crippen molar-refractivity contribution < 1.29 is 15.0 Å². The first-order valence-corrected chi connectivity index (χ1v) is 9.07. The maximum Gasteiger partial charge on any atom is 0.336 e. The van der Waals surface area contributed by atoms with Crippen LogP contribution in [0.4, 0.5) is 0 Å². The number of aliphatic carboxylic acids is 1. The lowest BCUT2D eigenvalue weighted by atomic mass is 10.0. The lowest BCUT2D eigenvalue weighted by Crippen LogP contribution is -2.17. The summed E-state index contributed by atoms with van der Waals surface area (Å²) >= 11 is 0. The molecule has 0 aliphatic carbocycles. The van der Waals surface area contributed by atoms with Crippen molar-refractivity contribution in [3.63, 3.8) is 0 Å². The fourth-order valence-corrected chi connectivity index (χ4v) is 2.65. The third-order valence-corrected chi connectivity index (χ3v) is 4.10. The molecule has 0 heterocycles. The SMILES string of the molecule is CCCCCCCCCCCCCCCCC([O])C(=O)O. The molecule has 0 saturated carbocycles. The van der Waals surface area contributed by atoms with E-state index in [1.54, 1.807) is 0 Å². The maximum absolute atomic E-state index is 10.9. The normalized spacial score (nSPS) is 12.5. The lowest BCUT2D eigenvalue weighted by Gasteiger charge is -2.04. The summed E-state index contributed by atoms with van der Waals surface area (Å²) in [6.45, 7) is 2.26. The fourth-order valence-electron chi connectivity index (χ4n) is 2.65. The largest absolute Gasteiger partial charge is 0.479 e. The molecule has 3 heteroatoms. The highest BCUT2D eigenvalue weighted by Crippen LogP contribution is 2.13. The molecule has 1 radical (unpaired) electrons. The lowest BCUT2D eigenvalue weighted by molar-refractivity contribution is -0.150. The van der Waals surface area contributed by atoms with Crippen molar-refractivity contribution in [2.75, 3.05) is 0 Å². The molecule has 0 bridgehead atoms. The number of carboxylic acids is 1. The molecule has 125 valence electrons. The van der Waals surface area contributed by atoms with E-state index in [0.29, 0.717) is 0 Å². The van der Waals surface area contributed by atoms with Crippen molar-refractivity contribution in [1.82, 2.24) is 0 Å². The van der Waals surface area contributed by atoms with Crippen molar-refractivity contribution >= 4 is 5.97 Å². The van der Waals surface area contributed by atoms with Crippen molar-refractivity contribution in [1.29, 1.82) is 0 Å². The zero-order valence-corrected chi connectivity index (χ0v) is 13.9. The fraction of sp³-hybridized carbons (Fsp3) is 0.944. The topological polar surface area (TPSA) is 57.2 Å². The molecule has 1 atom stereocenters. The summed E-state index contributed by atoms with van der Waals surface area (Å²) in [6, 6.07) is 0. The molecule has 0 rings (SSSR count). The van der Waals surface area contributed by atoms with Crippen LogP contribution in [-0.2, 0) is 9.90 Å². The second kappa shape index (κ2) is 15.8. The van der Waals surface area contributed by atoms with E-state index < -0.39 is 12.1 Å². The van der Waals surface area contributed by atoms with Gasteiger partial charge in [-0.2, -0.15) is 0 Å². The second-order valence-electron chi connectivity index (χ2n) is 6.21. The Bertz CT molecular complexity index is 229. The van der Waals surface area contributed by atoms with Crippen molar-refractivity contribution in [3.8, 4) is 0 Å². The van der Waals surface area contributed by atoms with Gasteiger partial charge in [0.2, 0.25) is 0 Å². The summed E-state index contributed by atoms with van der Waals surface area (Å²) < 4.78 is 0. The standard InChI is InChI=1S/C18H35O3/c1-2-3-4-5-6-7-8-9-10-11-12-13-14-15-16-17(19)18(20)21/h17H,2-16H2,1H3,(H,20,21). The van der Waals surface area contributed by atoms with Gasteiger partial charge in [-0.1, -0.05) is 96.8 Å². The van der Waals surface area contributed by atoms with E-state index in [2.05, 4.69) is 6.92 Å². The minimum Gasteiger partial charge on any atom is -0.479 e. The zero-order valence-electron chi connectivity index (χ0n) is 13.9. The Morgan fingerprint density at radius 3 is 1.38 bits per heavy atom. The van der Waals surface area contributed by atoms with Crippen LogP contribution in [-0.4, -0.2) is 17.2 Å². The number of rotatable bonds is 16. The molecule has 1 N–H and O–H groups in total. The summed E-state index contributed by atoms with van der Waals surface area (Å²) in [7, 11) is 0. The van der Waals surface area contributed by atoms with Crippen LogP contribution >= 0.6 is 0 Å². The van der Waals surface area contributed by atoms with E-state index >= 15 is 0 Å². The monoisotopic (exact) mass is 299 g/mol. The van der Waals surface area contributed by atoms with Gasteiger partial charge in [-0.15, -0.1) is 0 Å². The Labute approximate surface area is 131 Å². The predicted octanol–water partition coefficient (Wildman–Crippen LogP) is 5.74. The average molecular weight is 299 g/mol. The summed E-state index contributed by atoms with van der Waals surface area (Å²) in [5.41, 5.74) is 0. The van der Waals surface area contributed by atoms with Gasteiger partial charge in [0.25, 0.3) is 0 Å². The molecule has 0 fully saturated rings. The van der Waals surface area contributed by atoms with Gasteiger partial charge in [-0.25, -0.2) is 9.90 Å². The molecular weight excluding hydrogens is 264 g/mol. The van der Waals surface area contributed by atoms with Crippen molar-refractivity contribution in [2.24, 2.45) is 0 Å². The highest BCUT2D eigenvalue weighted by Gasteiger charge is 2.13. The zero-order chi connectivity index (χ0) is 15.8. The Hall–Kier alpha value is -0.570. The number of hydrogen-bond acceptors (Lipinski definition) is 1. The van der Waals surface area contributed by atoms with Gasteiger partial charge >= 0.3 is 5.97 Å². The second-order valence-corrected chi connectivity index (χ2v) is 6.21.